The lowest BCUT2D eigenvalue weighted by Crippen LogP contribution is -2.08. The first-order valence-corrected chi connectivity index (χ1v) is 6.49. The van der Waals surface area contributed by atoms with Gasteiger partial charge in [0.05, 0.1) is 0 Å². The molecule has 0 amide bonds. The first kappa shape index (κ1) is 14.2. The van der Waals surface area contributed by atoms with Crippen LogP contribution in [0.2, 0.25) is 0 Å². The fraction of sp³-hybridized carbons (Fsp3) is 0.267. The maximum absolute atomic E-state index is 13.7. The molecule has 0 spiro atoms. The summed E-state index contributed by atoms with van der Waals surface area (Å²) in [5.41, 5.74) is 2.14. The molecule has 5 heteroatoms. The average molecular weight is 277 g/mol. The number of anilines is 2. The Labute approximate surface area is 117 Å². The van der Waals surface area contributed by atoms with Gasteiger partial charge in [-0.05, 0) is 19.4 Å². The number of halogens is 2. The van der Waals surface area contributed by atoms with E-state index in [1.54, 1.807) is 0 Å². The number of pyridine rings is 1. The largest absolute Gasteiger partial charge is 0.368 e. The molecule has 2 N–H and O–H groups in total. The molecular weight excluding hydrogens is 260 g/mol. The number of hydrogen-bond acceptors (Lipinski definition) is 3. The highest BCUT2D eigenvalue weighted by molar-refractivity contribution is 5.47. The van der Waals surface area contributed by atoms with Crippen LogP contribution in [0.3, 0.4) is 0 Å². The van der Waals surface area contributed by atoms with Gasteiger partial charge in [0.1, 0.15) is 0 Å². The molecular formula is C15H17F2N3. The maximum atomic E-state index is 13.7. The van der Waals surface area contributed by atoms with Crippen LogP contribution in [0.15, 0.2) is 30.3 Å². The molecule has 2 aromatic rings. The summed E-state index contributed by atoms with van der Waals surface area (Å²) in [6, 6.07) is 8.70. The van der Waals surface area contributed by atoms with Crippen LogP contribution in [0.25, 0.3) is 0 Å². The smallest absolute Gasteiger partial charge is 0.168 e. The van der Waals surface area contributed by atoms with Crippen LogP contribution in [0, 0.1) is 18.6 Å². The van der Waals surface area contributed by atoms with E-state index in [2.05, 4.69) is 15.6 Å². The van der Waals surface area contributed by atoms with Crippen LogP contribution in [0.5, 0.6) is 0 Å². The van der Waals surface area contributed by atoms with E-state index in [-0.39, 0.29) is 11.6 Å². The molecule has 106 valence electrons. The van der Waals surface area contributed by atoms with Gasteiger partial charge in [0.2, 0.25) is 0 Å². The van der Waals surface area contributed by atoms with Crippen molar-refractivity contribution in [1.82, 2.24) is 4.98 Å². The van der Waals surface area contributed by atoms with E-state index < -0.39 is 11.6 Å². The minimum Gasteiger partial charge on any atom is -0.368 e. The second-order valence-corrected chi connectivity index (χ2v) is 4.52. The van der Waals surface area contributed by atoms with E-state index in [1.165, 1.54) is 0 Å². The van der Waals surface area contributed by atoms with Crippen molar-refractivity contribution in [3.05, 3.63) is 53.1 Å². The molecule has 1 heterocycles. The van der Waals surface area contributed by atoms with E-state index in [0.29, 0.717) is 13.1 Å². The number of nitrogens with one attached hydrogen (secondary N) is 2. The number of benzene rings is 1. The standard InChI is InChI=1S/C15H17F2N3/c1-3-18-14-12(16)8-13(17)15(20-14)19-9-11-6-4-5-10(2)7-11/h4-8H,3,9H2,1-2H3,(H2,18,19,20). The Morgan fingerprint density at radius 2 is 1.75 bits per heavy atom. The predicted octanol–water partition coefficient (Wildman–Crippen LogP) is 3.71. The zero-order valence-corrected chi connectivity index (χ0v) is 11.5. The number of nitrogens with zero attached hydrogens (tertiary/aromatic N) is 1. The molecule has 0 unspecified atom stereocenters. The Bertz CT molecular complexity index is 600. The van der Waals surface area contributed by atoms with Crippen LogP contribution in [0.1, 0.15) is 18.1 Å². The quantitative estimate of drug-likeness (QED) is 0.874. The number of hydrogen-bond donors (Lipinski definition) is 2. The van der Waals surface area contributed by atoms with Crippen molar-refractivity contribution in [3.63, 3.8) is 0 Å². The molecule has 3 nitrogen and oxygen atoms in total. The topological polar surface area (TPSA) is 37.0 Å². The van der Waals surface area contributed by atoms with Gasteiger partial charge in [0, 0.05) is 19.2 Å². The Kier molecular flexibility index (Phi) is 4.50. The summed E-state index contributed by atoms with van der Waals surface area (Å²) < 4.78 is 27.1. The van der Waals surface area contributed by atoms with E-state index in [0.717, 1.165) is 17.2 Å². The molecule has 1 aromatic heterocycles. The predicted molar refractivity (Wildman–Crippen MR) is 76.8 cm³/mol. The highest BCUT2D eigenvalue weighted by atomic mass is 19.1. The summed E-state index contributed by atoms with van der Waals surface area (Å²) in [6.07, 6.45) is 0. The van der Waals surface area contributed by atoms with Gasteiger partial charge < -0.3 is 10.6 Å². The first-order chi connectivity index (χ1) is 9.60. The monoisotopic (exact) mass is 277 g/mol. The zero-order valence-electron chi connectivity index (χ0n) is 11.5. The normalized spacial score (nSPS) is 10.4. The summed E-state index contributed by atoms with van der Waals surface area (Å²) in [5, 5.41) is 5.65. The molecule has 0 saturated carbocycles. The summed E-state index contributed by atoms with van der Waals surface area (Å²) in [6.45, 7) is 4.77. The summed E-state index contributed by atoms with van der Waals surface area (Å²) in [4.78, 5) is 3.93. The minimum absolute atomic E-state index is 0.0452. The summed E-state index contributed by atoms with van der Waals surface area (Å²) in [7, 11) is 0. The van der Waals surface area contributed by atoms with Gasteiger partial charge in [-0.2, -0.15) is 0 Å². The highest BCUT2D eigenvalue weighted by Crippen LogP contribution is 2.19. The molecule has 2 rings (SSSR count). The second kappa shape index (κ2) is 6.32. The molecule has 1 aromatic carbocycles. The summed E-state index contributed by atoms with van der Waals surface area (Å²) in [5.74, 6) is -1.29. The Morgan fingerprint density at radius 3 is 2.40 bits per heavy atom. The van der Waals surface area contributed by atoms with E-state index in [1.807, 2.05) is 38.1 Å². The van der Waals surface area contributed by atoms with Crippen LogP contribution in [-0.2, 0) is 6.54 Å². The molecule has 20 heavy (non-hydrogen) atoms. The van der Waals surface area contributed by atoms with Crippen molar-refractivity contribution in [2.75, 3.05) is 17.2 Å². The van der Waals surface area contributed by atoms with Gasteiger partial charge in [0.15, 0.2) is 23.3 Å². The first-order valence-electron chi connectivity index (χ1n) is 6.49. The van der Waals surface area contributed by atoms with Gasteiger partial charge in [-0.1, -0.05) is 29.8 Å². The van der Waals surface area contributed by atoms with Gasteiger partial charge in [-0.25, -0.2) is 13.8 Å². The number of aromatic nitrogens is 1. The fourth-order valence-corrected chi connectivity index (χ4v) is 1.89. The third-order valence-corrected chi connectivity index (χ3v) is 2.82. The molecule has 0 aliphatic carbocycles. The molecule has 0 fully saturated rings. The second-order valence-electron chi connectivity index (χ2n) is 4.52. The lowest BCUT2D eigenvalue weighted by Gasteiger charge is -2.10. The Balaban J connectivity index is 2.14. The fourth-order valence-electron chi connectivity index (χ4n) is 1.89. The molecule has 0 radical (unpaired) electrons. The molecule has 0 bridgehead atoms. The van der Waals surface area contributed by atoms with E-state index >= 15 is 0 Å². The van der Waals surface area contributed by atoms with Gasteiger partial charge in [-0.3, -0.25) is 0 Å². The minimum atomic E-state index is -0.697. The third-order valence-electron chi connectivity index (χ3n) is 2.82. The molecule has 0 saturated heterocycles. The number of aryl methyl sites for hydroxylation is 1. The lowest BCUT2D eigenvalue weighted by molar-refractivity contribution is 0.578. The third kappa shape index (κ3) is 3.44. The van der Waals surface area contributed by atoms with Crippen molar-refractivity contribution in [2.24, 2.45) is 0 Å². The van der Waals surface area contributed by atoms with Gasteiger partial charge >= 0.3 is 0 Å². The van der Waals surface area contributed by atoms with Crippen molar-refractivity contribution in [2.45, 2.75) is 20.4 Å². The van der Waals surface area contributed by atoms with Crippen molar-refractivity contribution >= 4 is 11.6 Å². The molecule has 0 aliphatic rings. The zero-order chi connectivity index (χ0) is 14.5. The van der Waals surface area contributed by atoms with E-state index in [4.69, 9.17) is 0 Å². The maximum Gasteiger partial charge on any atom is 0.168 e. The lowest BCUT2D eigenvalue weighted by atomic mass is 10.1. The number of rotatable bonds is 5. The Morgan fingerprint density at radius 1 is 1.05 bits per heavy atom. The van der Waals surface area contributed by atoms with Crippen molar-refractivity contribution < 1.29 is 8.78 Å². The van der Waals surface area contributed by atoms with Gasteiger partial charge in [0.25, 0.3) is 0 Å². The molecule has 0 aliphatic heterocycles. The Hall–Kier alpha value is -2.17. The van der Waals surface area contributed by atoms with Crippen LogP contribution in [0.4, 0.5) is 20.4 Å². The SMILES string of the molecule is CCNc1nc(NCc2cccc(C)c2)c(F)cc1F. The van der Waals surface area contributed by atoms with Crippen molar-refractivity contribution in [1.29, 1.82) is 0 Å². The average Bonchev–Trinajstić information content (AvgIpc) is 2.41. The van der Waals surface area contributed by atoms with Crippen molar-refractivity contribution in [3.8, 4) is 0 Å². The van der Waals surface area contributed by atoms with E-state index in [9.17, 15) is 8.78 Å². The highest BCUT2D eigenvalue weighted by Gasteiger charge is 2.11. The van der Waals surface area contributed by atoms with Crippen LogP contribution in [-0.4, -0.2) is 11.5 Å². The van der Waals surface area contributed by atoms with Crippen LogP contribution >= 0.6 is 0 Å². The molecule has 0 atom stereocenters. The van der Waals surface area contributed by atoms with Gasteiger partial charge in [-0.15, -0.1) is 0 Å². The summed E-state index contributed by atoms with van der Waals surface area (Å²) >= 11 is 0. The van der Waals surface area contributed by atoms with Crippen LogP contribution < -0.4 is 10.6 Å².